The van der Waals surface area contributed by atoms with Gasteiger partial charge in [0.05, 0.1) is 0 Å². The molecule has 7 heteroatoms. The molecule has 16 heavy (non-hydrogen) atoms. The van der Waals surface area contributed by atoms with Crippen molar-refractivity contribution in [2.24, 2.45) is 5.92 Å². The number of hydrogen-bond acceptors (Lipinski definition) is 6. The number of anilines is 2. The zero-order chi connectivity index (χ0) is 11.9. The summed E-state index contributed by atoms with van der Waals surface area (Å²) in [6.07, 6.45) is 0. The molecule has 0 aliphatic carbocycles. The standard InChI is InChI=1S/C9H12N6O/c1-3(2)6(16)4-5-7(14-8(10)12-4)15-9(11)13-5/h3H,1-2H3,(H5,10,11,12,13,14,15). The van der Waals surface area contributed by atoms with Crippen molar-refractivity contribution in [2.45, 2.75) is 13.8 Å². The molecule has 0 aromatic carbocycles. The van der Waals surface area contributed by atoms with Gasteiger partial charge in [-0.05, 0) is 0 Å². The number of carbonyl (C=O) groups excluding carboxylic acids is 1. The number of aromatic amines is 1. The van der Waals surface area contributed by atoms with Crippen LogP contribution in [0.2, 0.25) is 0 Å². The van der Waals surface area contributed by atoms with Gasteiger partial charge in [0, 0.05) is 5.92 Å². The molecule has 0 aliphatic heterocycles. The van der Waals surface area contributed by atoms with Crippen LogP contribution in [-0.4, -0.2) is 25.7 Å². The van der Waals surface area contributed by atoms with Gasteiger partial charge in [-0.1, -0.05) is 13.8 Å². The van der Waals surface area contributed by atoms with Crippen LogP contribution in [0.15, 0.2) is 0 Å². The minimum Gasteiger partial charge on any atom is -0.369 e. The Morgan fingerprint density at radius 2 is 1.94 bits per heavy atom. The Morgan fingerprint density at radius 1 is 1.25 bits per heavy atom. The van der Waals surface area contributed by atoms with Crippen LogP contribution in [0.3, 0.4) is 0 Å². The number of nitrogens with zero attached hydrogens (tertiary/aromatic N) is 3. The summed E-state index contributed by atoms with van der Waals surface area (Å²) in [6.45, 7) is 3.57. The van der Waals surface area contributed by atoms with Gasteiger partial charge in [0.1, 0.15) is 11.2 Å². The maximum Gasteiger partial charge on any atom is 0.222 e. The minimum atomic E-state index is -0.179. The molecule has 5 N–H and O–H groups in total. The number of Topliss-reactive ketones (excluding diaryl/α,β-unsaturated/α-hetero) is 1. The molecule has 0 amide bonds. The largest absolute Gasteiger partial charge is 0.369 e. The second-order valence-electron chi connectivity index (χ2n) is 3.77. The van der Waals surface area contributed by atoms with Gasteiger partial charge in [-0.2, -0.15) is 9.97 Å². The first-order valence-corrected chi connectivity index (χ1v) is 4.82. The van der Waals surface area contributed by atoms with Crippen LogP contribution in [0.25, 0.3) is 11.2 Å². The number of nitrogen functional groups attached to an aromatic ring is 2. The monoisotopic (exact) mass is 220 g/mol. The number of ketones is 1. The number of imidazole rings is 1. The second kappa shape index (κ2) is 3.44. The van der Waals surface area contributed by atoms with Crippen molar-refractivity contribution in [3.63, 3.8) is 0 Å². The highest BCUT2D eigenvalue weighted by Crippen LogP contribution is 2.18. The van der Waals surface area contributed by atoms with Crippen LogP contribution < -0.4 is 11.5 Å². The molecule has 0 spiro atoms. The van der Waals surface area contributed by atoms with Gasteiger partial charge < -0.3 is 16.5 Å². The lowest BCUT2D eigenvalue weighted by atomic mass is 10.1. The molecular formula is C9H12N6O. The lowest BCUT2D eigenvalue weighted by Crippen LogP contribution is -2.12. The maximum atomic E-state index is 11.9. The maximum absolute atomic E-state index is 11.9. The zero-order valence-electron chi connectivity index (χ0n) is 8.98. The summed E-state index contributed by atoms with van der Waals surface area (Å²) in [5, 5.41) is 0. The lowest BCUT2D eigenvalue weighted by Gasteiger charge is -2.04. The van der Waals surface area contributed by atoms with Gasteiger partial charge in [-0.15, -0.1) is 0 Å². The van der Waals surface area contributed by atoms with E-state index >= 15 is 0 Å². The summed E-state index contributed by atoms with van der Waals surface area (Å²) in [6, 6.07) is 0. The number of carbonyl (C=O) groups is 1. The molecule has 0 radical (unpaired) electrons. The quantitative estimate of drug-likeness (QED) is 0.627. The topological polar surface area (TPSA) is 124 Å². The summed E-state index contributed by atoms with van der Waals surface area (Å²) in [5.74, 6) is -0.0968. The van der Waals surface area contributed by atoms with Crippen LogP contribution in [0, 0.1) is 5.92 Å². The van der Waals surface area contributed by atoms with Crippen LogP contribution in [-0.2, 0) is 0 Å². The van der Waals surface area contributed by atoms with Gasteiger partial charge in [-0.3, -0.25) is 4.79 Å². The number of aromatic nitrogens is 4. The summed E-state index contributed by atoms with van der Waals surface area (Å²) >= 11 is 0. The summed E-state index contributed by atoms with van der Waals surface area (Å²) in [5.41, 5.74) is 12.0. The normalized spacial score (nSPS) is 11.2. The second-order valence-corrected chi connectivity index (χ2v) is 3.77. The van der Waals surface area contributed by atoms with Gasteiger partial charge in [-0.25, -0.2) is 4.98 Å². The Hall–Kier alpha value is -2.18. The molecule has 0 atom stereocenters. The minimum absolute atomic E-state index is 0.0167. The predicted octanol–water partition coefficient (Wildman–Crippen LogP) is 0.356. The van der Waals surface area contributed by atoms with E-state index in [1.807, 2.05) is 0 Å². The van der Waals surface area contributed by atoms with E-state index in [0.29, 0.717) is 11.2 Å². The van der Waals surface area contributed by atoms with Crippen LogP contribution in [0.1, 0.15) is 24.3 Å². The molecule has 0 saturated heterocycles. The Balaban J connectivity index is 2.72. The predicted molar refractivity (Wildman–Crippen MR) is 59.7 cm³/mol. The number of nitrogens with two attached hydrogens (primary N) is 2. The summed E-state index contributed by atoms with van der Waals surface area (Å²) in [7, 11) is 0. The Bertz CT molecular complexity index is 558. The van der Waals surface area contributed by atoms with E-state index in [-0.39, 0.29) is 29.3 Å². The number of fused-ring (bicyclic) bond motifs is 1. The molecule has 2 aromatic rings. The molecule has 7 nitrogen and oxygen atoms in total. The summed E-state index contributed by atoms with van der Waals surface area (Å²) in [4.78, 5) is 26.4. The number of nitrogens with one attached hydrogen (secondary N) is 1. The SMILES string of the molecule is CC(C)C(=O)c1nc(N)nc2nc(N)[nH]c12. The third-order valence-electron chi connectivity index (χ3n) is 2.14. The van der Waals surface area contributed by atoms with E-state index < -0.39 is 0 Å². The van der Waals surface area contributed by atoms with Crippen molar-refractivity contribution in [3.05, 3.63) is 5.69 Å². The molecule has 2 rings (SSSR count). The van der Waals surface area contributed by atoms with E-state index in [1.54, 1.807) is 13.8 Å². The number of hydrogen-bond donors (Lipinski definition) is 3. The smallest absolute Gasteiger partial charge is 0.222 e. The van der Waals surface area contributed by atoms with Crippen molar-refractivity contribution < 1.29 is 4.79 Å². The Morgan fingerprint density at radius 3 is 2.56 bits per heavy atom. The average Bonchev–Trinajstić information content (AvgIpc) is 2.55. The molecular weight excluding hydrogens is 208 g/mol. The third-order valence-corrected chi connectivity index (χ3v) is 2.14. The van der Waals surface area contributed by atoms with Gasteiger partial charge in [0.15, 0.2) is 17.4 Å². The van der Waals surface area contributed by atoms with Crippen molar-refractivity contribution in [3.8, 4) is 0 Å². The van der Waals surface area contributed by atoms with Gasteiger partial charge in [0.2, 0.25) is 5.95 Å². The van der Waals surface area contributed by atoms with Gasteiger partial charge >= 0.3 is 0 Å². The molecule has 0 saturated carbocycles. The molecule has 0 fully saturated rings. The average molecular weight is 220 g/mol. The van der Waals surface area contributed by atoms with Crippen LogP contribution in [0.4, 0.5) is 11.9 Å². The molecule has 2 heterocycles. The van der Waals surface area contributed by atoms with E-state index in [0.717, 1.165) is 0 Å². The fourth-order valence-corrected chi connectivity index (χ4v) is 1.38. The first-order chi connectivity index (χ1) is 7.49. The number of H-pyrrole nitrogens is 1. The highest BCUT2D eigenvalue weighted by atomic mass is 16.1. The zero-order valence-corrected chi connectivity index (χ0v) is 8.98. The van der Waals surface area contributed by atoms with Gasteiger partial charge in [0.25, 0.3) is 0 Å². The highest BCUT2D eigenvalue weighted by molar-refractivity contribution is 6.05. The van der Waals surface area contributed by atoms with E-state index in [2.05, 4.69) is 19.9 Å². The van der Waals surface area contributed by atoms with Crippen molar-refractivity contribution in [1.82, 2.24) is 19.9 Å². The van der Waals surface area contributed by atoms with Crippen molar-refractivity contribution in [2.75, 3.05) is 11.5 Å². The van der Waals surface area contributed by atoms with E-state index in [4.69, 9.17) is 11.5 Å². The van der Waals surface area contributed by atoms with Crippen LogP contribution in [0.5, 0.6) is 0 Å². The fourth-order valence-electron chi connectivity index (χ4n) is 1.38. The molecule has 0 unspecified atom stereocenters. The van der Waals surface area contributed by atoms with Crippen molar-refractivity contribution >= 4 is 28.8 Å². The first-order valence-electron chi connectivity index (χ1n) is 4.82. The van der Waals surface area contributed by atoms with Crippen molar-refractivity contribution in [1.29, 1.82) is 0 Å². The summed E-state index contributed by atoms with van der Waals surface area (Å²) < 4.78 is 0. The Kier molecular flexibility index (Phi) is 2.22. The molecule has 0 aliphatic rings. The lowest BCUT2D eigenvalue weighted by molar-refractivity contribution is 0.0936. The first kappa shape index (κ1) is 10.3. The molecule has 0 bridgehead atoms. The molecule has 84 valence electrons. The third kappa shape index (κ3) is 1.56. The van der Waals surface area contributed by atoms with E-state index in [9.17, 15) is 4.79 Å². The Labute approximate surface area is 91.3 Å². The van der Waals surface area contributed by atoms with E-state index in [1.165, 1.54) is 0 Å². The van der Waals surface area contributed by atoms with Crippen LogP contribution >= 0.6 is 0 Å². The molecule has 2 aromatic heterocycles. The highest BCUT2D eigenvalue weighted by Gasteiger charge is 2.19. The number of rotatable bonds is 2. The fraction of sp³-hybridized carbons (Fsp3) is 0.333.